The van der Waals surface area contributed by atoms with Crippen LogP contribution in [0.15, 0.2) is 0 Å². The Balaban J connectivity index is 3.15. The molecule has 0 saturated heterocycles. The molecule has 1 amide bonds. The minimum Gasteiger partial charge on any atom is -0.396 e. The van der Waals surface area contributed by atoms with Crippen molar-refractivity contribution in [3.8, 4) is 0 Å². The molecule has 0 aromatic carbocycles. The molecule has 0 fully saturated rings. The molecular formula is C12H26N2O2. The number of rotatable bonds is 10. The first kappa shape index (κ1) is 15.4. The fourth-order valence-corrected chi connectivity index (χ4v) is 1.27. The molecule has 0 unspecified atom stereocenters. The number of hydrogen-bond donors (Lipinski definition) is 3. The van der Waals surface area contributed by atoms with Crippen LogP contribution in [-0.4, -0.2) is 37.3 Å². The molecule has 0 radical (unpaired) electrons. The number of carbonyl (C=O) groups is 1. The average Bonchev–Trinajstić information content (AvgIpc) is 2.25. The van der Waals surface area contributed by atoms with Gasteiger partial charge < -0.3 is 15.7 Å². The third-order valence-corrected chi connectivity index (χ3v) is 2.25. The van der Waals surface area contributed by atoms with Crippen molar-refractivity contribution in [1.82, 2.24) is 10.6 Å². The summed E-state index contributed by atoms with van der Waals surface area (Å²) in [6.45, 7) is 6.87. The average molecular weight is 230 g/mol. The van der Waals surface area contributed by atoms with Gasteiger partial charge in [0.05, 0.1) is 0 Å². The van der Waals surface area contributed by atoms with Gasteiger partial charge in [0.2, 0.25) is 5.91 Å². The van der Waals surface area contributed by atoms with Gasteiger partial charge >= 0.3 is 0 Å². The molecule has 4 nitrogen and oxygen atoms in total. The standard InChI is InChI=1S/C12H26N2O2/c1-11(2)10-14-12(16)6-8-13-7-4-3-5-9-15/h11,13,15H,3-10H2,1-2H3,(H,14,16). The lowest BCUT2D eigenvalue weighted by Gasteiger charge is -2.08. The fourth-order valence-electron chi connectivity index (χ4n) is 1.27. The van der Waals surface area contributed by atoms with Gasteiger partial charge in [-0.05, 0) is 31.7 Å². The van der Waals surface area contributed by atoms with Crippen molar-refractivity contribution in [2.75, 3.05) is 26.2 Å². The van der Waals surface area contributed by atoms with Crippen molar-refractivity contribution in [2.24, 2.45) is 5.92 Å². The predicted octanol–water partition coefficient (Wildman–Crippen LogP) is 0.901. The molecule has 0 rings (SSSR count). The van der Waals surface area contributed by atoms with Gasteiger partial charge in [-0.25, -0.2) is 0 Å². The Hall–Kier alpha value is -0.610. The lowest BCUT2D eigenvalue weighted by Crippen LogP contribution is -2.30. The topological polar surface area (TPSA) is 61.4 Å². The zero-order valence-electron chi connectivity index (χ0n) is 10.6. The van der Waals surface area contributed by atoms with Gasteiger partial charge in [0.25, 0.3) is 0 Å². The first-order chi connectivity index (χ1) is 7.66. The van der Waals surface area contributed by atoms with Crippen LogP contribution >= 0.6 is 0 Å². The van der Waals surface area contributed by atoms with Gasteiger partial charge in [-0.15, -0.1) is 0 Å². The van der Waals surface area contributed by atoms with E-state index in [2.05, 4.69) is 24.5 Å². The van der Waals surface area contributed by atoms with Crippen molar-refractivity contribution in [3.05, 3.63) is 0 Å². The molecule has 0 aliphatic heterocycles. The molecule has 0 aromatic heterocycles. The second kappa shape index (κ2) is 10.9. The first-order valence-corrected chi connectivity index (χ1v) is 6.25. The van der Waals surface area contributed by atoms with Gasteiger partial charge in [-0.2, -0.15) is 0 Å². The van der Waals surface area contributed by atoms with E-state index in [1.165, 1.54) is 0 Å². The lowest BCUT2D eigenvalue weighted by atomic mass is 10.2. The SMILES string of the molecule is CC(C)CNC(=O)CCNCCCCCO. The highest BCUT2D eigenvalue weighted by Gasteiger charge is 2.01. The molecule has 0 saturated carbocycles. The van der Waals surface area contributed by atoms with Crippen LogP contribution in [0.25, 0.3) is 0 Å². The summed E-state index contributed by atoms with van der Waals surface area (Å²) < 4.78 is 0. The molecule has 0 spiro atoms. The molecule has 0 atom stereocenters. The molecule has 0 aliphatic rings. The van der Waals surface area contributed by atoms with E-state index in [9.17, 15) is 4.79 Å². The molecule has 96 valence electrons. The van der Waals surface area contributed by atoms with Gasteiger partial charge in [0.15, 0.2) is 0 Å². The third-order valence-electron chi connectivity index (χ3n) is 2.25. The quantitative estimate of drug-likeness (QED) is 0.489. The number of nitrogens with one attached hydrogen (secondary N) is 2. The number of hydrogen-bond acceptors (Lipinski definition) is 3. The smallest absolute Gasteiger partial charge is 0.221 e. The van der Waals surface area contributed by atoms with E-state index < -0.39 is 0 Å². The van der Waals surface area contributed by atoms with E-state index in [1.807, 2.05) is 0 Å². The van der Waals surface area contributed by atoms with Crippen LogP contribution in [0.2, 0.25) is 0 Å². The maximum absolute atomic E-state index is 11.3. The molecule has 16 heavy (non-hydrogen) atoms. The summed E-state index contributed by atoms with van der Waals surface area (Å²) in [5.41, 5.74) is 0. The second-order valence-electron chi connectivity index (χ2n) is 4.48. The fraction of sp³-hybridized carbons (Fsp3) is 0.917. The van der Waals surface area contributed by atoms with Crippen LogP contribution in [0.4, 0.5) is 0 Å². The number of carbonyl (C=O) groups excluding carboxylic acids is 1. The van der Waals surface area contributed by atoms with Crippen LogP contribution in [0.3, 0.4) is 0 Å². The Morgan fingerprint density at radius 2 is 1.94 bits per heavy atom. The second-order valence-corrected chi connectivity index (χ2v) is 4.48. The molecule has 0 aliphatic carbocycles. The summed E-state index contributed by atoms with van der Waals surface area (Å²) in [7, 11) is 0. The summed E-state index contributed by atoms with van der Waals surface area (Å²) in [5, 5.41) is 14.7. The summed E-state index contributed by atoms with van der Waals surface area (Å²) >= 11 is 0. The van der Waals surface area contributed by atoms with E-state index in [-0.39, 0.29) is 12.5 Å². The number of aliphatic hydroxyl groups excluding tert-OH is 1. The van der Waals surface area contributed by atoms with E-state index in [1.54, 1.807) is 0 Å². The highest BCUT2D eigenvalue weighted by molar-refractivity contribution is 5.76. The van der Waals surface area contributed by atoms with Crippen molar-refractivity contribution in [3.63, 3.8) is 0 Å². The molecular weight excluding hydrogens is 204 g/mol. The van der Waals surface area contributed by atoms with Gasteiger partial charge in [0.1, 0.15) is 0 Å². The molecule has 3 N–H and O–H groups in total. The van der Waals surface area contributed by atoms with E-state index in [0.29, 0.717) is 12.3 Å². The Labute approximate surface area is 98.8 Å². The normalized spacial score (nSPS) is 10.8. The van der Waals surface area contributed by atoms with Crippen molar-refractivity contribution < 1.29 is 9.90 Å². The monoisotopic (exact) mass is 230 g/mol. The zero-order chi connectivity index (χ0) is 12.2. The minimum absolute atomic E-state index is 0.122. The van der Waals surface area contributed by atoms with Gasteiger partial charge in [-0.1, -0.05) is 13.8 Å². The molecule has 0 heterocycles. The van der Waals surface area contributed by atoms with Crippen LogP contribution in [0.5, 0.6) is 0 Å². The lowest BCUT2D eigenvalue weighted by molar-refractivity contribution is -0.121. The van der Waals surface area contributed by atoms with Crippen LogP contribution in [0, 0.1) is 5.92 Å². The highest BCUT2D eigenvalue weighted by atomic mass is 16.2. The number of aliphatic hydroxyl groups is 1. The minimum atomic E-state index is 0.122. The Kier molecular flexibility index (Phi) is 10.5. The Morgan fingerprint density at radius 1 is 1.19 bits per heavy atom. The van der Waals surface area contributed by atoms with Crippen LogP contribution in [0.1, 0.15) is 39.5 Å². The summed E-state index contributed by atoms with van der Waals surface area (Å²) in [6.07, 6.45) is 3.53. The zero-order valence-corrected chi connectivity index (χ0v) is 10.6. The predicted molar refractivity (Wildman–Crippen MR) is 66.3 cm³/mol. The Morgan fingerprint density at radius 3 is 2.56 bits per heavy atom. The Bertz CT molecular complexity index is 172. The van der Waals surface area contributed by atoms with E-state index in [4.69, 9.17) is 5.11 Å². The van der Waals surface area contributed by atoms with Crippen molar-refractivity contribution >= 4 is 5.91 Å². The van der Waals surface area contributed by atoms with Crippen molar-refractivity contribution in [2.45, 2.75) is 39.5 Å². The maximum atomic E-state index is 11.3. The van der Waals surface area contributed by atoms with Gasteiger partial charge in [0, 0.05) is 26.1 Å². The van der Waals surface area contributed by atoms with E-state index >= 15 is 0 Å². The summed E-state index contributed by atoms with van der Waals surface area (Å²) in [5.74, 6) is 0.631. The van der Waals surface area contributed by atoms with Crippen molar-refractivity contribution in [1.29, 1.82) is 0 Å². The number of unbranched alkanes of at least 4 members (excludes halogenated alkanes) is 2. The first-order valence-electron chi connectivity index (χ1n) is 6.25. The van der Waals surface area contributed by atoms with Gasteiger partial charge in [-0.3, -0.25) is 4.79 Å². The molecule has 0 bridgehead atoms. The van der Waals surface area contributed by atoms with E-state index in [0.717, 1.165) is 38.9 Å². The maximum Gasteiger partial charge on any atom is 0.221 e. The molecule has 4 heteroatoms. The van der Waals surface area contributed by atoms with Crippen LogP contribution < -0.4 is 10.6 Å². The van der Waals surface area contributed by atoms with Crippen LogP contribution in [-0.2, 0) is 4.79 Å². The summed E-state index contributed by atoms with van der Waals surface area (Å²) in [6, 6.07) is 0. The summed E-state index contributed by atoms with van der Waals surface area (Å²) in [4.78, 5) is 11.3. The molecule has 0 aromatic rings. The third kappa shape index (κ3) is 11.5. The largest absolute Gasteiger partial charge is 0.396 e. The highest BCUT2D eigenvalue weighted by Crippen LogP contribution is 1.92. The number of amides is 1.